The maximum atomic E-state index is 12.6. The highest BCUT2D eigenvalue weighted by Crippen LogP contribution is 2.22. The van der Waals surface area contributed by atoms with Crippen molar-refractivity contribution in [1.82, 2.24) is 29.0 Å². The fourth-order valence-corrected chi connectivity index (χ4v) is 4.00. The van der Waals surface area contributed by atoms with Gasteiger partial charge in [0.1, 0.15) is 5.56 Å². The average molecular weight is 454 g/mol. The van der Waals surface area contributed by atoms with Gasteiger partial charge < -0.3 is 11.1 Å². The first-order valence-electron chi connectivity index (χ1n) is 10.7. The fourth-order valence-electron chi connectivity index (χ4n) is 4.00. The van der Waals surface area contributed by atoms with E-state index in [-0.39, 0.29) is 17.9 Å². The lowest BCUT2D eigenvalue weighted by Crippen LogP contribution is -2.15. The predicted octanol–water partition coefficient (Wildman–Crippen LogP) is 2.73. The van der Waals surface area contributed by atoms with Crippen LogP contribution in [0.25, 0.3) is 22.7 Å². The van der Waals surface area contributed by atoms with Gasteiger partial charge in [0.05, 0.1) is 11.9 Å². The van der Waals surface area contributed by atoms with E-state index in [2.05, 4.69) is 25.4 Å². The summed E-state index contributed by atoms with van der Waals surface area (Å²) in [6.45, 7) is 3.74. The number of nitrogens with two attached hydrogens (primary N) is 1. The zero-order chi connectivity index (χ0) is 23.8. The number of hydrogen-bond donors (Lipinski definition) is 2. The molecule has 1 aromatic carbocycles. The molecule has 34 heavy (non-hydrogen) atoms. The summed E-state index contributed by atoms with van der Waals surface area (Å²) in [5, 5.41) is 7.16. The van der Waals surface area contributed by atoms with Crippen molar-refractivity contribution in [3.05, 3.63) is 77.6 Å². The number of carbonyl (C=O) groups is 2. The van der Waals surface area contributed by atoms with Crippen LogP contribution in [-0.4, -0.2) is 40.8 Å². The highest BCUT2D eigenvalue weighted by Gasteiger charge is 2.17. The first-order chi connectivity index (χ1) is 16.4. The fraction of sp³-hybridized carbons (Fsp3) is 0.167. The van der Waals surface area contributed by atoms with Crippen molar-refractivity contribution < 1.29 is 9.59 Å². The van der Waals surface area contributed by atoms with Gasteiger partial charge in [0.2, 0.25) is 11.7 Å². The maximum absolute atomic E-state index is 12.6. The SMILES string of the molecule is Cc1nc2c(C(N)=O)cnn2c(C)c1CCC(=O)Nc1ccc(-c2cn3cccnc3n2)cc1. The van der Waals surface area contributed by atoms with Crippen LogP contribution < -0.4 is 11.1 Å². The van der Waals surface area contributed by atoms with E-state index in [1.807, 2.05) is 61.0 Å². The van der Waals surface area contributed by atoms with Crippen LogP contribution in [0.3, 0.4) is 0 Å². The second kappa shape index (κ2) is 8.39. The smallest absolute Gasteiger partial charge is 0.254 e. The molecule has 4 heterocycles. The average Bonchev–Trinajstić information content (AvgIpc) is 3.44. The van der Waals surface area contributed by atoms with Crippen molar-refractivity contribution >= 4 is 28.9 Å². The van der Waals surface area contributed by atoms with E-state index in [0.717, 1.165) is 28.2 Å². The number of amides is 2. The van der Waals surface area contributed by atoms with Crippen LogP contribution in [0.15, 0.2) is 55.1 Å². The van der Waals surface area contributed by atoms with Crippen molar-refractivity contribution in [2.75, 3.05) is 5.32 Å². The molecule has 5 aromatic rings. The molecule has 2 amide bonds. The first-order valence-corrected chi connectivity index (χ1v) is 10.7. The zero-order valence-electron chi connectivity index (χ0n) is 18.7. The van der Waals surface area contributed by atoms with Crippen LogP contribution in [0, 0.1) is 13.8 Å². The molecule has 0 aliphatic heterocycles. The summed E-state index contributed by atoms with van der Waals surface area (Å²) in [6.07, 6.45) is 7.70. The predicted molar refractivity (Wildman–Crippen MR) is 126 cm³/mol. The lowest BCUT2D eigenvalue weighted by molar-refractivity contribution is -0.116. The third-order valence-electron chi connectivity index (χ3n) is 5.78. The Bertz CT molecular complexity index is 1520. The maximum Gasteiger partial charge on any atom is 0.254 e. The number of benzene rings is 1. The minimum absolute atomic E-state index is 0.109. The van der Waals surface area contributed by atoms with Gasteiger partial charge in [0.25, 0.3) is 5.91 Å². The van der Waals surface area contributed by atoms with Gasteiger partial charge in [-0.1, -0.05) is 12.1 Å². The highest BCUT2D eigenvalue weighted by atomic mass is 16.2. The van der Waals surface area contributed by atoms with Crippen molar-refractivity contribution in [2.45, 2.75) is 26.7 Å². The number of carbonyl (C=O) groups excluding carboxylic acids is 2. The lowest BCUT2D eigenvalue weighted by Gasteiger charge is -2.11. The molecule has 10 heteroatoms. The van der Waals surface area contributed by atoms with E-state index >= 15 is 0 Å². The summed E-state index contributed by atoms with van der Waals surface area (Å²) in [5.41, 5.74) is 11.0. The van der Waals surface area contributed by atoms with Crippen LogP contribution in [-0.2, 0) is 11.2 Å². The Labute approximate surface area is 194 Å². The van der Waals surface area contributed by atoms with E-state index in [4.69, 9.17) is 5.73 Å². The van der Waals surface area contributed by atoms with Crippen LogP contribution in [0.5, 0.6) is 0 Å². The molecular formula is C24H22N8O2. The van der Waals surface area contributed by atoms with Crippen LogP contribution >= 0.6 is 0 Å². The second-order valence-electron chi connectivity index (χ2n) is 8.00. The third-order valence-corrected chi connectivity index (χ3v) is 5.78. The monoisotopic (exact) mass is 454 g/mol. The number of imidazole rings is 1. The number of rotatable bonds is 6. The molecule has 0 radical (unpaired) electrons. The quantitative estimate of drug-likeness (QED) is 0.405. The van der Waals surface area contributed by atoms with Crippen molar-refractivity contribution in [3.63, 3.8) is 0 Å². The molecule has 0 atom stereocenters. The van der Waals surface area contributed by atoms with E-state index in [9.17, 15) is 9.59 Å². The number of aromatic nitrogens is 6. The van der Waals surface area contributed by atoms with E-state index in [1.165, 1.54) is 6.20 Å². The minimum Gasteiger partial charge on any atom is -0.365 e. The Morgan fingerprint density at radius 3 is 2.65 bits per heavy atom. The number of nitrogens with zero attached hydrogens (tertiary/aromatic N) is 6. The summed E-state index contributed by atoms with van der Waals surface area (Å²) in [5.74, 6) is -0.0479. The van der Waals surface area contributed by atoms with Gasteiger partial charge in [0.15, 0.2) is 5.65 Å². The third kappa shape index (κ3) is 3.85. The lowest BCUT2D eigenvalue weighted by atomic mass is 10.1. The van der Waals surface area contributed by atoms with Gasteiger partial charge in [-0.05, 0) is 44.0 Å². The molecule has 4 aromatic heterocycles. The number of fused-ring (bicyclic) bond motifs is 2. The van der Waals surface area contributed by atoms with Crippen molar-refractivity contribution in [1.29, 1.82) is 0 Å². The van der Waals surface area contributed by atoms with Crippen LogP contribution in [0.4, 0.5) is 5.69 Å². The molecule has 0 unspecified atom stereocenters. The summed E-state index contributed by atoms with van der Waals surface area (Å²) in [4.78, 5) is 37.4. The van der Waals surface area contributed by atoms with E-state index in [0.29, 0.717) is 23.5 Å². The van der Waals surface area contributed by atoms with Gasteiger partial charge in [-0.3, -0.25) is 14.0 Å². The molecule has 0 aliphatic carbocycles. The number of primary amides is 1. The molecule has 0 spiro atoms. The van der Waals surface area contributed by atoms with Crippen molar-refractivity contribution in [2.24, 2.45) is 5.73 Å². The molecule has 0 aliphatic rings. The van der Waals surface area contributed by atoms with Gasteiger partial charge in [0, 0.05) is 47.7 Å². The summed E-state index contributed by atoms with van der Waals surface area (Å²) in [6, 6.07) is 9.38. The molecule has 0 bridgehead atoms. The topological polar surface area (TPSA) is 133 Å². The Kier molecular flexibility index (Phi) is 5.25. The summed E-state index contributed by atoms with van der Waals surface area (Å²) < 4.78 is 3.45. The molecular weight excluding hydrogens is 432 g/mol. The molecule has 5 rings (SSSR count). The largest absolute Gasteiger partial charge is 0.365 e. The number of aryl methyl sites for hydroxylation is 2. The standard InChI is InChI=1S/C24H22N8O2/c1-14-18(15(2)32-23(28-14)19(12-27-32)22(25)34)8-9-21(33)29-17-6-4-16(5-7-17)20-13-31-11-3-10-26-24(31)30-20/h3-7,10-13H,8-9H2,1-2H3,(H2,25,34)(H,29,33). The number of nitrogens with one attached hydrogen (secondary N) is 1. The van der Waals surface area contributed by atoms with Gasteiger partial charge in [-0.25, -0.2) is 19.5 Å². The minimum atomic E-state index is -0.572. The second-order valence-corrected chi connectivity index (χ2v) is 8.00. The van der Waals surface area contributed by atoms with Crippen LogP contribution in [0.1, 0.15) is 33.7 Å². The van der Waals surface area contributed by atoms with Gasteiger partial charge in [-0.2, -0.15) is 5.10 Å². The first kappa shape index (κ1) is 21.3. The Morgan fingerprint density at radius 1 is 1.12 bits per heavy atom. The molecule has 170 valence electrons. The summed E-state index contributed by atoms with van der Waals surface area (Å²) >= 11 is 0. The normalized spacial score (nSPS) is 11.2. The Balaban J connectivity index is 1.26. The summed E-state index contributed by atoms with van der Waals surface area (Å²) in [7, 11) is 0. The zero-order valence-corrected chi connectivity index (χ0v) is 18.7. The number of hydrogen-bond acceptors (Lipinski definition) is 6. The molecule has 0 saturated heterocycles. The van der Waals surface area contributed by atoms with Crippen molar-refractivity contribution in [3.8, 4) is 11.3 Å². The van der Waals surface area contributed by atoms with Gasteiger partial charge >= 0.3 is 0 Å². The number of anilines is 1. The molecule has 10 nitrogen and oxygen atoms in total. The highest BCUT2D eigenvalue weighted by molar-refractivity contribution is 5.98. The molecule has 0 fully saturated rings. The Morgan fingerprint density at radius 2 is 1.91 bits per heavy atom. The van der Waals surface area contributed by atoms with E-state index in [1.54, 1.807) is 10.7 Å². The van der Waals surface area contributed by atoms with E-state index < -0.39 is 5.91 Å². The molecule has 0 saturated carbocycles. The Hall–Kier alpha value is -4.60. The van der Waals surface area contributed by atoms with Gasteiger partial charge in [-0.15, -0.1) is 0 Å². The molecule has 3 N–H and O–H groups in total. The van der Waals surface area contributed by atoms with Crippen LogP contribution in [0.2, 0.25) is 0 Å².